The first kappa shape index (κ1) is 33.3. The zero-order valence-corrected chi connectivity index (χ0v) is 28.0. The van der Waals surface area contributed by atoms with Crippen molar-refractivity contribution in [2.75, 3.05) is 0 Å². The maximum absolute atomic E-state index is 11.8. The third-order valence-corrected chi connectivity index (χ3v) is 7.83. The number of allylic oxidation sites excluding steroid dienone is 2. The second-order valence-electron chi connectivity index (χ2n) is 11.9. The molecule has 0 amide bonds. The molecule has 215 valence electrons. The number of carbonyl (C=O) groups is 1. The van der Waals surface area contributed by atoms with Gasteiger partial charge in [0, 0.05) is 42.4 Å². The van der Waals surface area contributed by atoms with Crippen LogP contribution in [-0.2, 0) is 24.9 Å². The number of hydrogen-bond acceptors (Lipinski definition) is 4. The Balaban J connectivity index is 0.000000307. The first-order valence-corrected chi connectivity index (χ1v) is 13.8. The molecule has 0 saturated carbocycles. The Morgan fingerprint density at radius 3 is 2.17 bits per heavy atom. The van der Waals surface area contributed by atoms with Gasteiger partial charge in [0.05, 0.1) is 5.52 Å². The van der Waals surface area contributed by atoms with Crippen LogP contribution in [0, 0.1) is 44.6 Å². The Morgan fingerprint density at radius 1 is 0.925 bits per heavy atom. The summed E-state index contributed by atoms with van der Waals surface area (Å²) in [6.45, 7) is 19.9. The van der Waals surface area contributed by atoms with Crippen molar-refractivity contribution in [2.45, 2.75) is 82.1 Å². The number of fused-ring (bicyclic) bond motifs is 3. The minimum Gasteiger partial charge on any atom is -0.512 e. The van der Waals surface area contributed by atoms with Crippen molar-refractivity contribution in [1.82, 2.24) is 9.97 Å². The molecule has 0 aliphatic heterocycles. The number of ketones is 1. The summed E-state index contributed by atoms with van der Waals surface area (Å²) in [7, 11) is 0. The van der Waals surface area contributed by atoms with E-state index < -0.39 is 0 Å². The van der Waals surface area contributed by atoms with E-state index in [4.69, 9.17) is 9.97 Å². The molecule has 3 aromatic carbocycles. The Labute approximate surface area is 253 Å². The molecule has 0 aliphatic carbocycles. The van der Waals surface area contributed by atoms with Gasteiger partial charge in [-0.1, -0.05) is 85.7 Å². The Bertz CT molecular complexity index is 1530. The third kappa shape index (κ3) is 7.44. The van der Waals surface area contributed by atoms with E-state index >= 15 is 0 Å². The van der Waals surface area contributed by atoms with Gasteiger partial charge in [-0.05, 0) is 48.7 Å². The molecule has 1 N–H and O–H groups in total. The molecule has 1 aromatic heterocycles. The largest absolute Gasteiger partial charge is 0.512 e. The van der Waals surface area contributed by atoms with E-state index in [9.17, 15) is 9.90 Å². The maximum atomic E-state index is 11.8. The minimum atomic E-state index is -0.377. The molecule has 0 saturated heterocycles. The van der Waals surface area contributed by atoms with Crippen molar-refractivity contribution in [3.05, 3.63) is 82.9 Å². The van der Waals surface area contributed by atoms with Crippen LogP contribution in [0.5, 0.6) is 0 Å². The summed E-state index contributed by atoms with van der Waals surface area (Å²) in [6.07, 6.45) is 2.99. The molecule has 0 aliphatic rings. The fourth-order valence-corrected chi connectivity index (χ4v) is 4.35. The van der Waals surface area contributed by atoms with E-state index in [1.807, 2.05) is 48.5 Å². The molecular formula is C35H43IrN2O2-. The number of benzene rings is 3. The monoisotopic (exact) mass is 716 g/mol. The first-order valence-electron chi connectivity index (χ1n) is 13.8. The third-order valence-electron chi connectivity index (χ3n) is 7.83. The van der Waals surface area contributed by atoms with Gasteiger partial charge in [-0.2, -0.15) is 0 Å². The van der Waals surface area contributed by atoms with Crippen molar-refractivity contribution in [3.8, 4) is 11.3 Å². The van der Waals surface area contributed by atoms with Gasteiger partial charge < -0.3 is 5.11 Å². The summed E-state index contributed by atoms with van der Waals surface area (Å²) in [5.41, 5.74) is 5.95. The van der Waals surface area contributed by atoms with Gasteiger partial charge >= 0.3 is 0 Å². The average molecular weight is 716 g/mol. The maximum Gasteiger partial charge on any atom is 0.164 e. The number of nitrogens with zero attached hydrogens (tertiary/aromatic N) is 2. The van der Waals surface area contributed by atoms with Crippen LogP contribution in [0.15, 0.2) is 54.3 Å². The standard InChI is InChI=1S/C22H19N2.C13H24O2.Ir/c1-13-10-14(2)12-18(11-13)21-19-9-8-17-7-5-6-15(3)20(17)22(19)24-16(4)23-21;1-7-12(3,4)10(14)9-11(15)13(5,6)8-2;/h5-11H,1-4H3;9,14H,7-8H2,1-6H3;/q-1;;/b;10-9-;. The summed E-state index contributed by atoms with van der Waals surface area (Å²) >= 11 is 0. The number of carbonyl (C=O) groups excluding carboxylic acids is 1. The summed E-state index contributed by atoms with van der Waals surface area (Å²) in [5, 5.41) is 13.4. The van der Waals surface area contributed by atoms with Crippen LogP contribution in [-0.4, -0.2) is 20.9 Å². The van der Waals surface area contributed by atoms with Crippen LogP contribution >= 0.6 is 0 Å². The summed E-state index contributed by atoms with van der Waals surface area (Å²) < 4.78 is 0. The molecule has 4 nitrogen and oxygen atoms in total. The van der Waals surface area contributed by atoms with Gasteiger partial charge in [0.1, 0.15) is 11.6 Å². The fraction of sp³-hybridized carbons (Fsp3) is 0.400. The average Bonchev–Trinajstić information content (AvgIpc) is 2.87. The molecule has 4 aromatic rings. The second kappa shape index (κ2) is 13.2. The first-order chi connectivity index (χ1) is 18.2. The van der Waals surface area contributed by atoms with Crippen molar-refractivity contribution in [2.24, 2.45) is 10.8 Å². The van der Waals surface area contributed by atoms with Crippen LogP contribution in [0.4, 0.5) is 0 Å². The van der Waals surface area contributed by atoms with E-state index in [0.29, 0.717) is 0 Å². The Kier molecular flexibility index (Phi) is 11.0. The summed E-state index contributed by atoms with van der Waals surface area (Å²) in [6, 6.07) is 18.4. The van der Waals surface area contributed by atoms with Gasteiger partial charge in [0.2, 0.25) is 0 Å². The summed E-state index contributed by atoms with van der Waals surface area (Å²) in [4.78, 5) is 21.4. The van der Waals surface area contributed by atoms with E-state index in [0.717, 1.165) is 46.4 Å². The predicted octanol–water partition coefficient (Wildman–Crippen LogP) is 9.35. The zero-order valence-electron chi connectivity index (χ0n) is 25.6. The molecule has 1 heterocycles. The van der Waals surface area contributed by atoms with Crippen LogP contribution in [0.25, 0.3) is 32.9 Å². The smallest absolute Gasteiger partial charge is 0.164 e. The van der Waals surface area contributed by atoms with E-state index in [1.165, 1.54) is 28.0 Å². The van der Waals surface area contributed by atoms with E-state index in [2.05, 4.69) is 69.3 Å². The van der Waals surface area contributed by atoms with Crippen LogP contribution in [0.1, 0.15) is 76.9 Å². The van der Waals surface area contributed by atoms with Crippen molar-refractivity contribution in [1.29, 1.82) is 0 Å². The molecule has 0 bridgehead atoms. The van der Waals surface area contributed by atoms with Crippen LogP contribution in [0.2, 0.25) is 0 Å². The van der Waals surface area contributed by atoms with Gasteiger partial charge in [-0.15, -0.1) is 34.9 Å². The topological polar surface area (TPSA) is 63.1 Å². The number of rotatable bonds is 6. The Morgan fingerprint density at radius 2 is 1.57 bits per heavy atom. The van der Waals surface area contributed by atoms with E-state index in [-0.39, 0.29) is 42.5 Å². The number of aliphatic hydroxyl groups excluding tert-OH is 1. The SMILES string of the molecule is CCC(C)(C)C(=O)/C=C(\O)C(C)(C)CC.Cc1[c-]c(-c2nc(C)nc3c2ccc2cccc(C)c23)cc(C)c1.[Ir]. The van der Waals surface area contributed by atoms with Crippen molar-refractivity contribution in [3.63, 3.8) is 0 Å². The number of aromatic nitrogens is 2. The second-order valence-corrected chi connectivity index (χ2v) is 11.9. The molecule has 4 rings (SSSR count). The van der Waals surface area contributed by atoms with Crippen molar-refractivity contribution >= 4 is 27.5 Å². The van der Waals surface area contributed by atoms with E-state index in [1.54, 1.807) is 0 Å². The normalized spacial score (nSPS) is 12.1. The molecule has 0 fully saturated rings. The molecule has 0 atom stereocenters. The van der Waals surface area contributed by atoms with Gasteiger partial charge in [-0.3, -0.25) is 9.78 Å². The van der Waals surface area contributed by atoms with Gasteiger partial charge in [0.15, 0.2) is 5.78 Å². The Hall–Kier alpha value is -2.88. The van der Waals surface area contributed by atoms with Crippen LogP contribution in [0.3, 0.4) is 0 Å². The minimum absolute atomic E-state index is 0. The molecule has 0 unspecified atom stereocenters. The number of hydrogen-bond donors (Lipinski definition) is 1. The summed E-state index contributed by atoms with van der Waals surface area (Å²) in [5.74, 6) is 0.987. The zero-order chi connectivity index (χ0) is 29.1. The molecule has 0 spiro atoms. The quantitative estimate of drug-likeness (QED) is 0.0936. The van der Waals surface area contributed by atoms with Gasteiger partial charge in [-0.25, -0.2) is 4.98 Å². The van der Waals surface area contributed by atoms with Crippen molar-refractivity contribution < 1.29 is 30.0 Å². The predicted molar refractivity (Wildman–Crippen MR) is 164 cm³/mol. The van der Waals surface area contributed by atoms with Gasteiger partial charge in [0.25, 0.3) is 0 Å². The van der Waals surface area contributed by atoms with Crippen LogP contribution < -0.4 is 0 Å². The number of aryl methyl sites for hydroxylation is 4. The molecule has 5 heteroatoms. The molecular weight excluding hydrogens is 673 g/mol. The molecule has 40 heavy (non-hydrogen) atoms. The number of aliphatic hydroxyl groups is 1. The fourth-order valence-electron chi connectivity index (χ4n) is 4.35. The molecule has 1 radical (unpaired) electrons.